The molecule has 0 amide bonds. The number of rotatable bonds is 0. The van der Waals surface area contributed by atoms with Crippen LogP contribution in [0.4, 0.5) is 0 Å². The van der Waals surface area contributed by atoms with E-state index in [0.29, 0.717) is 13.2 Å². The van der Waals surface area contributed by atoms with E-state index in [1.165, 1.54) is 0 Å². The van der Waals surface area contributed by atoms with Gasteiger partial charge in [0.05, 0.1) is 19.3 Å². The second kappa shape index (κ2) is 2.50. The van der Waals surface area contributed by atoms with Crippen LogP contribution >= 0.6 is 0 Å². The molecule has 1 heterocycles. The van der Waals surface area contributed by atoms with Crippen LogP contribution in [0.1, 0.15) is 6.92 Å². The van der Waals surface area contributed by atoms with Crippen molar-refractivity contribution in [3.63, 3.8) is 0 Å². The number of hydrogen-bond donors (Lipinski definition) is 1. The zero-order valence-electron chi connectivity index (χ0n) is 5.63. The quantitative estimate of drug-likeness (QED) is 0.483. The molecule has 2 heteroatoms. The first-order valence-corrected chi connectivity index (χ1v) is 3.15. The molecule has 1 aliphatic heterocycles. The van der Waals surface area contributed by atoms with Gasteiger partial charge in [0.15, 0.2) is 0 Å². The fraction of sp³-hybridized carbons (Fsp3) is 0.714. The Balaban J connectivity index is 2.51. The Morgan fingerprint density at radius 1 is 1.78 bits per heavy atom. The van der Waals surface area contributed by atoms with Gasteiger partial charge < -0.3 is 9.84 Å². The molecule has 1 aliphatic rings. The number of aliphatic hydroxyl groups excluding tert-OH is 1. The van der Waals surface area contributed by atoms with Crippen molar-refractivity contribution >= 4 is 0 Å². The molecule has 1 N–H and O–H groups in total. The second-order valence-electron chi connectivity index (χ2n) is 2.60. The van der Waals surface area contributed by atoms with Crippen LogP contribution < -0.4 is 0 Å². The van der Waals surface area contributed by atoms with Crippen molar-refractivity contribution in [3.05, 3.63) is 12.2 Å². The standard InChI is InChI=1S/C7H12O2/c1-5-3-9-4-6(2)7(5)8/h6-8H,1,3-4H2,2H3. The summed E-state index contributed by atoms with van der Waals surface area (Å²) in [5.41, 5.74) is 0.800. The van der Waals surface area contributed by atoms with Gasteiger partial charge in [-0.1, -0.05) is 13.5 Å². The third-order valence-corrected chi connectivity index (χ3v) is 1.63. The Bertz CT molecular complexity index is 120. The summed E-state index contributed by atoms with van der Waals surface area (Å²) in [4.78, 5) is 0. The molecule has 0 radical (unpaired) electrons. The van der Waals surface area contributed by atoms with Gasteiger partial charge in [-0.15, -0.1) is 0 Å². The average Bonchev–Trinajstić information content (AvgIpc) is 1.83. The normalized spacial score (nSPS) is 36.9. The Hall–Kier alpha value is -0.340. The third-order valence-electron chi connectivity index (χ3n) is 1.63. The maximum atomic E-state index is 9.27. The zero-order valence-corrected chi connectivity index (χ0v) is 5.63. The highest BCUT2D eigenvalue weighted by atomic mass is 16.5. The fourth-order valence-corrected chi connectivity index (χ4v) is 0.955. The fourth-order valence-electron chi connectivity index (χ4n) is 0.955. The monoisotopic (exact) mass is 128 g/mol. The largest absolute Gasteiger partial charge is 0.388 e. The number of aliphatic hydroxyl groups is 1. The van der Waals surface area contributed by atoms with Crippen molar-refractivity contribution in [2.24, 2.45) is 5.92 Å². The molecule has 0 saturated carbocycles. The van der Waals surface area contributed by atoms with Crippen LogP contribution in [0, 0.1) is 5.92 Å². The van der Waals surface area contributed by atoms with Crippen LogP contribution in [0.2, 0.25) is 0 Å². The minimum atomic E-state index is -0.348. The number of ether oxygens (including phenoxy) is 1. The Morgan fingerprint density at radius 3 is 2.89 bits per heavy atom. The van der Waals surface area contributed by atoms with E-state index in [1.54, 1.807) is 0 Å². The van der Waals surface area contributed by atoms with E-state index in [0.717, 1.165) is 5.57 Å². The molecule has 0 aromatic carbocycles. The SMILES string of the molecule is C=C1COCC(C)C1O. The van der Waals surface area contributed by atoms with Gasteiger partial charge in [0.1, 0.15) is 0 Å². The first-order chi connectivity index (χ1) is 4.22. The average molecular weight is 128 g/mol. The van der Waals surface area contributed by atoms with Gasteiger partial charge in [-0.25, -0.2) is 0 Å². The van der Waals surface area contributed by atoms with Crippen molar-refractivity contribution in [2.75, 3.05) is 13.2 Å². The molecule has 1 fully saturated rings. The maximum Gasteiger partial charge on any atom is 0.0817 e. The Kier molecular flexibility index (Phi) is 1.88. The highest BCUT2D eigenvalue weighted by Gasteiger charge is 2.21. The second-order valence-corrected chi connectivity index (χ2v) is 2.60. The molecule has 0 aromatic heterocycles. The molecule has 9 heavy (non-hydrogen) atoms. The van der Waals surface area contributed by atoms with Crippen LogP contribution in [0.15, 0.2) is 12.2 Å². The summed E-state index contributed by atoms with van der Waals surface area (Å²) in [6.45, 7) is 6.80. The summed E-state index contributed by atoms with van der Waals surface area (Å²) in [6, 6.07) is 0. The minimum Gasteiger partial charge on any atom is -0.388 e. The van der Waals surface area contributed by atoms with Gasteiger partial charge in [-0.2, -0.15) is 0 Å². The molecule has 0 spiro atoms. The van der Waals surface area contributed by atoms with Crippen molar-refractivity contribution in [1.29, 1.82) is 0 Å². The Morgan fingerprint density at radius 2 is 2.44 bits per heavy atom. The number of hydrogen-bond acceptors (Lipinski definition) is 2. The van der Waals surface area contributed by atoms with E-state index in [4.69, 9.17) is 4.74 Å². The highest BCUT2D eigenvalue weighted by molar-refractivity contribution is 5.05. The molecule has 1 saturated heterocycles. The molecule has 1 rings (SSSR count). The zero-order chi connectivity index (χ0) is 6.85. The predicted molar refractivity (Wildman–Crippen MR) is 35.1 cm³/mol. The highest BCUT2D eigenvalue weighted by Crippen LogP contribution is 2.16. The lowest BCUT2D eigenvalue weighted by Gasteiger charge is -2.26. The van der Waals surface area contributed by atoms with Crippen LogP contribution in [0.3, 0.4) is 0 Å². The molecule has 52 valence electrons. The lowest BCUT2D eigenvalue weighted by Crippen LogP contribution is -2.31. The van der Waals surface area contributed by atoms with Crippen LogP contribution in [0.5, 0.6) is 0 Å². The third kappa shape index (κ3) is 1.32. The molecular formula is C7H12O2. The minimum absolute atomic E-state index is 0.214. The van der Waals surface area contributed by atoms with E-state index in [2.05, 4.69) is 6.58 Å². The summed E-state index contributed by atoms with van der Waals surface area (Å²) in [5.74, 6) is 0.214. The van der Waals surface area contributed by atoms with E-state index >= 15 is 0 Å². The molecule has 2 unspecified atom stereocenters. The van der Waals surface area contributed by atoms with Crippen molar-refractivity contribution < 1.29 is 9.84 Å². The molecule has 0 aromatic rings. The predicted octanol–water partition coefficient (Wildman–Crippen LogP) is 0.570. The van der Waals surface area contributed by atoms with Crippen molar-refractivity contribution in [3.8, 4) is 0 Å². The van der Waals surface area contributed by atoms with E-state index in [-0.39, 0.29) is 12.0 Å². The van der Waals surface area contributed by atoms with E-state index in [9.17, 15) is 5.11 Å². The lowest BCUT2D eigenvalue weighted by molar-refractivity contribution is 0.0145. The van der Waals surface area contributed by atoms with Gasteiger partial charge >= 0.3 is 0 Å². The first kappa shape index (κ1) is 6.78. The molecule has 0 bridgehead atoms. The summed E-state index contributed by atoms with van der Waals surface area (Å²) >= 11 is 0. The molecule has 2 atom stereocenters. The topological polar surface area (TPSA) is 29.5 Å². The maximum absolute atomic E-state index is 9.27. The van der Waals surface area contributed by atoms with E-state index in [1.807, 2.05) is 6.92 Å². The van der Waals surface area contributed by atoms with Gasteiger partial charge in [0, 0.05) is 5.92 Å². The van der Waals surface area contributed by atoms with Crippen molar-refractivity contribution in [2.45, 2.75) is 13.0 Å². The Labute approximate surface area is 55.1 Å². The van der Waals surface area contributed by atoms with E-state index < -0.39 is 0 Å². The van der Waals surface area contributed by atoms with Crippen molar-refractivity contribution in [1.82, 2.24) is 0 Å². The van der Waals surface area contributed by atoms with Crippen LogP contribution in [-0.2, 0) is 4.74 Å². The van der Waals surface area contributed by atoms with Crippen LogP contribution in [0.25, 0.3) is 0 Å². The van der Waals surface area contributed by atoms with Gasteiger partial charge in [0.2, 0.25) is 0 Å². The smallest absolute Gasteiger partial charge is 0.0817 e. The molecule has 0 aliphatic carbocycles. The first-order valence-electron chi connectivity index (χ1n) is 3.15. The summed E-state index contributed by atoms with van der Waals surface area (Å²) < 4.78 is 5.10. The molecular weight excluding hydrogens is 116 g/mol. The van der Waals surface area contributed by atoms with Crippen LogP contribution in [-0.4, -0.2) is 24.4 Å². The lowest BCUT2D eigenvalue weighted by atomic mass is 9.98. The molecule has 2 nitrogen and oxygen atoms in total. The summed E-state index contributed by atoms with van der Waals surface area (Å²) in [7, 11) is 0. The summed E-state index contributed by atoms with van der Waals surface area (Å²) in [5, 5.41) is 9.27. The van der Waals surface area contributed by atoms with Gasteiger partial charge in [-0.3, -0.25) is 0 Å². The summed E-state index contributed by atoms with van der Waals surface area (Å²) in [6.07, 6.45) is -0.348. The van der Waals surface area contributed by atoms with Gasteiger partial charge in [0.25, 0.3) is 0 Å². The van der Waals surface area contributed by atoms with Gasteiger partial charge in [-0.05, 0) is 5.57 Å².